The van der Waals surface area contributed by atoms with Gasteiger partial charge in [0.05, 0.1) is 0 Å². The van der Waals surface area contributed by atoms with Gasteiger partial charge in [0.15, 0.2) is 0 Å². The van der Waals surface area contributed by atoms with Crippen molar-refractivity contribution in [3.8, 4) is 0 Å². The predicted octanol–water partition coefficient (Wildman–Crippen LogP) is 5.54. The van der Waals surface area contributed by atoms with Crippen LogP contribution in [0.2, 0.25) is 0 Å². The molecule has 0 nitrogen and oxygen atoms in total. The van der Waals surface area contributed by atoms with Crippen LogP contribution in [0.25, 0.3) is 21.0 Å². The summed E-state index contributed by atoms with van der Waals surface area (Å²) in [6.07, 6.45) is 4.06. The largest absolute Gasteiger partial charge is 0.108 e. The molecule has 0 spiro atoms. The number of rotatable bonds is 0. The fourth-order valence-corrected chi connectivity index (χ4v) is 6.56. The maximum Gasteiger partial charge on any atom is 0.00584 e. The molecular formula is C17H17P. The van der Waals surface area contributed by atoms with Crippen molar-refractivity contribution in [2.45, 2.75) is 32.9 Å². The molecule has 90 valence electrons. The molecule has 1 aliphatic heterocycles. The van der Waals surface area contributed by atoms with Crippen LogP contribution in [-0.4, -0.2) is 0 Å². The molecule has 3 aromatic rings. The van der Waals surface area contributed by atoms with Gasteiger partial charge in [-0.25, -0.2) is 0 Å². The lowest BCUT2D eigenvalue weighted by molar-refractivity contribution is 0.881. The van der Waals surface area contributed by atoms with E-state index >= 15 is 0 Å². The lowest BCUT2D eigenvalue weighted by atomic mass is 10.0. The van der Waals surface area contributed by atoms with Gasteiger partial charge >= 0.3 is 0 Å². The number of fused-ring (bicyclic) bond motifs is 3. The van der Waals surface area contributed by atoms with Crippen molar-refractivity contribution in [3.05, 3.63) is 47.0 Å². The molecule has 1 unspecified atom stereocenters. The summed E-state index contributed by atoms with van der Waals surface area (Å²) >= 11 is 0. The van der Waals surface area contributed by atoms with E-state index in [2.05, 4.69) is 44.2 Å². The second-order valence-electron chi connectivity index (χ2n) is 5.53. The molecule has 0 saturated heterocycles. The van der Waals surface area contributed by atoms with E-state index in [-0.39, 0.29) is 7.53 Å². The third-order valence-electron chi connectivity index (χ3n) is 4.33. The lowest BCUT2D eigenvalue weighted by Crippen LogP contribution is -1.94. The SMILES string of the molecule is Cc1ccc2c3ccc(C)c4c3p(c2c1)CCC4. The third-order valence-corrected chi connectivity index (χ3v) is 7.10. The van der Waals surface area contributed by atoms with E-state index in [4.69, 9.17) is 0 Å². The quantitative estimate of drug-likeness (QED) is 0.492. The van der Waals surface area contributed by atoms with Crippen molar-refractivity contribution in [3.63, 3.8) is 0 Å². The molecule has 4 rings (SSSR count). The van der Waals surface area contributed by atoms with Crippen LogP contribution < -0.4 is 0 Å². The van der Waals surface area contributed by atoms with Crippen molar-refractivity contribution >= 4 is 28.5 Å². The van der Waals surface area contributed by atoms with Gasteiger partial charge in [0.2, 0.25) is 0 Å². The standard InChI is InChI=1S/C17H17P/c1-11-5-7-14-15-8-6-12(2)13-4-3-9-18(17(13)15)16(14)10-11/h5-8,10H,3-4,9H2,1-2H3. The molecule has 1 aromatic heterocycles. The number of aryl methyl sites for hydroxylation is 4. The Labute approximate surface area is 109 Å². The molecule has 0 saturated carbocycles. The van der Waals surface area contributed by atoms with Crippen LogP contribution >= 0.6 is 7.53 Å². The first-order chi connectivity index (χ1) is 8.75. The average Bonchev–Trinajstić information content (AvgIpc) is 2.69. The van der Waals surface area contributed by atoms with Gasteiger partial charge in [0.25, 0.3) is 0 Å². The van der Waals surface area contributed by atoms with Gasteiger partial charge in [-0.15, -0.1) is 7.53 Å². The zero-order chi connectivity index (χ0) is 12.3. The third kappa shape index (κ3) is 1.27. The second-order valence-corrected chi connectivity index (χ2v) is 7.77. The van der Waals surface area contributed by atoms with Crippen LogP contribution in [0.4, 0.5) is 0 Å². The number of benzene rings is 2. The van der Waals surface area contributed by atoms with Gasteiger partial charge in [-0.1, -0.05) is 29.8 Å². The van der Waals surface area contributed by atoms with Crippen LogP contribution in [0.15, 0.2) is 30.3 Å². The Kier molecular flexibility index (Phi) is 2.14. The fraction of sp³-hybridized carbons (Fsp3) is 0.294. The maximum absolute atomic E-state index is 2.44. The van der Waals surface area contributed by atoms with E-state index in [9.17, 15) is 0 Å². The summed E-state index contributed by atoms with van der Waals surface area (Å²) in [4.78, 5) is 0. The summed E-state index contributed by atoms with van der Waals surface area (Å²) < 4.78 is 0. The van der Waals surface area contributed by atoms with Crippen molar-refractivity contribution in [2.24, 2.45) is 0 Å². The van der Waals surface area contributed by atoms with Gasteiger partial charge in [-0.2, -0.15) is 0 Å². The Balaban J connectivity index is 2.31. The zero-order valence-corrected chi connectivity index (χ0v) is 11.8. The lowest BCUT2D eigenvalue weighted by Gasteiger charge is -2.16. The maximum atomic E-state index is 2.44. The summed E-state index contributed by atoms with van der Waals surface area (Å²) in [7, 11) is -0.0410. The van der Waals surface area contributed by atoms with Crippen molar-refractivity contribution in [1.82, 2.24) is 0 Å². The molecule has 2 heterocycles. The normalized spacial score (nSPS) is 15.6. The molecule has 2 aromatic carbocycles. The highest BCUT2D eigenvalue weighted by Crippen LogP contribution is 2.54. The Morgan fingerprint density at radius 1 is 1.00 bits per heavy atom. The van der Waals surface area contributed by atoms with Gasteiger partial charge in [0, 0.05) is 10.2 Å². The molecule has 0 N–H and O–H groups in total. The predicted molar refractivity (Wildman–Crippen MR) is 82.0 cm³/mol. The van der Waals surface area contributed by atoms with Crippen LogP contribution in [0.1, 0.15) is 23.1 Å². The highest BCUT2D eigenvalue weighted by atomic mass is 31.1. The molecule has 1 atom stereocenters. The van der Waals surface area contributed by atoms with Crippen molar-refractivity contribution in [2.75, 3.05) is 0 Å². The summed E-state index contributed by atoms with van der Waals surface area (Å²) in [5.74, 6) is 0. The summed E-state index contributed by atoms with van der Waals surface area (Å²) in [6.45, 7) is 4.50. The Bertz CT molecular complexity index is 777. The van der Waals surface area contributed by atoms with E-state index < -0.39 is 0 Å². The van der Waals surface area contributed by atoms with Gasteiger partial charge in [0.1, 0.15) is 0 Å². The number of hydrogen-bond donors (Lipinski definition) is 0. The van der Waals surface area contributed by atoms with Gasteiger partial charge in [-0.3, -0.25) is 0 Å². The summed E-state index contributed by atoms with van der Waals surface area (Å²) in [6, 6.07) is 11.7. The first-order valence-corrected chi connectivity index (χ1v) is 8.29. The molecule has 0 aliphatic carbocycles. The van der Waals surface area contributed by atoms with E-state index in [1.165, 1.54) is 40.9 Å². The zero-order valence-electron chi connectivity index (χ0n) is 11.0. The van der Waals surface area contributed by atoms with E-state index in [0.717, 1.165) is 0 Å². The van der Waals surface area contributed by atoms with Crippen molar-refractivity contribution in [1.29, 1.82) is 0 Å². The van der Waals surface area contributed by atoms with Gasteiger partial charge in [-0.05, 0) is 60.8 Å². The monoisotopic (exact) mass is 252 g/mol. The van der Waals surface area contributed by atoms with Crippen LogP contribution in [0.3, 0.4) is 0 Å². The molecule has 1 heteroatoms. The molecule has 0 bridgehead atoms. The van der Waals surface area contributed by atoms with Crippen LogP contribution in [-0.2, 0) is 12.6 Å². The van der Waals surface area contributed by atoms with E-state index in [1.807, 2.05) is 0 Å². The molecule has 0 amide bonds. The smallest absolute Gasteiger partial charge is 0.00584 e. The molecule has 0 fully saturated rings. The molecular weight excluding hydrogens is 235 g/mol. The molecule has 0 radical (unpaired) electrons. The average molecular weight is 252 g/mol. The van der Waals surface area contributed by atoms with Crippen LogP contribution in [0.5, 0.6) is 0 Å². The van der Waals surface area contributed by atoms with Gasteiger partial charge < -0.3 is 0 Å². The Hall–Kier alpha value is -1.26. The minimum atomic E-state index is -0.0410. The highest BCUT2D eigenvalue weighted by Gasteiger charge is 2.19. The molecule has 1 aliphatic rings. The van der Waals surface area contributed by atoms with E-state index in [1.54, 1.807) is 15.8 Å². The summed E-state index contributed by atoms with van der Waals surface area (Å²) in [5.41, 5.74) is 4.58. The summed E-state index contributed by atoms with van der Waals surface area (Å²) in [5, 5.41) is 6.42. The van der Waals surface area contributed by atoms with Crippen LogP contribution in [0, 0.1) is 13.8 Å². The first kappa shape index (κ1) is 10.6. The minimum absolute atomic E-state index is 0.0410. The first-order valence-electron chi connectivity index (χ1n) is 6.77. The molecule has 18 heavy (non-hydrogen) atoms. The van der Waals surface area contributed by atoms with E-state index in [0.29, 0.717) is 0 Å². The minimum Gasteiger partial charge on any atom is -0.108 e. The fourth-order valence-electron chi connectivity index (χ4n) is 3.44. The second kappa shape index (κ2) is 3.62. The Morgan fingerprint density at radius 3 is 2.72 bits per heavy atom. The van der Waals surface area contributed by atoms with Crippen molar-refractivity contribution < 1.29 is 0 Å². The highest BCUT2D eigenvalue weighted by molar-refractivity contribution is 7.60. The Morgan fingerprint density at radius 2 is 1.83 bits per heavy atom. The number of hydrogen-bond acceptors (Lipinski definition) is 0. The topological polar surface area (TPSA) is 0 Å².